The van der Waals surface area contributed by atoms with Gasteiger partial charge in [-0.3, -0.25) is 4.79 Å². The Labute approximate surface area is 288 Å². The largest absolute Gasteiger partial charge is 0.494 e. The summed E-state index contributed by atoms with van der Waals surface area (Å²) in [6.07, 6.45) is 0.0637. The summed E-state index contributed by atoms with van der Waals surface area (Å²) in [5.41, 5.74) is 10.8. The topological polar surface area (TPSA) is 138 Å². The Kier molecular flexibility index (Phi) is 11.8. The van der Waals surface area contributed by atoms with Gasteiger partial charge in [-0.2, -0.15) is 0 Å². The predicted octanol–water partition coefficient (Wildman–Crippen LogP) is 7.95. The number of benzene rings is 4. The van der Waals surface area contributed by atoms with Gasteiger partial charge in [-0.1, -0.05) is 76.8 Å². The minimum absolute atomic E-state index is 0.0268. The molecule has 0 spiro atoms. The van der Waals surface area contributed by atoms with Crippen molar-refractivity contribution in [2.24, 2.45) is 10.1 Å². The highest BCUT2D eigenvalue weighted by atomic mass is 35.5. The van der Waals surface area contributed by atoms with E-state index in [0.717, 1.165) is 11.3 Å². The molecule has 0 saturated heterocycles. The maximum Gasteiger partial charge on any atom is 0.252 e. The molecule has 1 aliphatic heterocycles. The van der Waals surface area contributed by atoms with Crippen LogP contribution in [0.15, 0.2) is 101 Å². The first-order valence-corrected chi connectivity index (χ1v) is 16.3. The lowest BCUT2D eigenvalue weighted by Crippen LogP contribution is -2.50. The summed E-state index contributed by atoms with van der Waals surface area (Å²) in [6.45, 7) is 3.13. The summed E-state index contributed by atoms with van der Waals surface area (Å²) in [7, 11) is 0. The summed E-state index contributed by atoms with van der Waals surface area (Å²) in [6, 6.07) is 26.9. The van der Waals surface area contributed by atoms with Crippen LogP contribution in [0, 0.1) is 0 Å². The van der Waals surface area contributed by atoms with Gasteiger partial charge < -0.3 is 24.6 Å². The van der Waals surface area contributed by atoms with E-state index in [1.807, 2.05) is 37.3 Å². The zero-order chi connectivity index (χ0) is 33.9. The van der Waals surface area contributed by atoms with Crippen LogP contribution in [0.2, 0.25) is 10.0 Å². The van der Waals surface area contributed by atoms with Crippen LogP contribution in [-0.4, -0.2) is 48.8 Å². The summed E-state index contributed by atoms with van der Waals surface area (Å²) in [4.78, 5) is 22.7. The monoisotopic (exact) mass is 687 g/mol. The quantitative estimate of drug-likeness (QED) is 0.0565. The first kappa shape index (κ1) is 34.6. The highest BCUT2D eigenvalue weighted by Crippen LogP contribution is 2.46. The van der Waals surface area contributed by atoms with Crippen LogP contribution in [0.1, 0.15) is 41.7 Å². The fraction of sp³-hybridized carbons (Fsp3) is 0.278. The van der Waals surface area contributed by atoms with Crippen molar-refractivity contribution in [1.29, 1.82) is 0 Å². The molecule has 2 atom stereocenters. The lowest BCUT2D eigenvalue weighted by molar-refractivity contribution is -0.128. The molecule has 0 aliphatic carbocycles. The Morgan fingerprint density at radius 1 is 1.04 bits per heavy atom. The standard InChI is InChI=1S/C36H35Cl2N5O5/c1-2-46-32-11-6-4-8-24(32)18-19-40-35(45)36(23-26-9-3-5-10-31(26)42-43-39)33(29-17-14-27(37)22-30(29)38)48-34(41-36)25-12-15-28(16-13-25)47-21-7-20-44/h3-6,8-17,22,33,44H,2,7,18-21,23H2,1H3,(H,40,45)/t33-,36-/m1/s1. The third-order valence-corrected chi connectivity index (χ3v) is 8.39. The van der Waals surface area contributed by atoms with Crippen molar-refractivity contribution in [2.45, 2.75) is 37.8 Å². The van der Waals surface area contributed by atoms with Crippen LogP contribution >= 0.6 is 23.2 Å². The SMILES string of the molecule is CCOc1ccccc1CCNC(=O)[C@]1(Cc2ccccc2N=[N+]=[N-])N=C(c2ccc(OCCCO)cc2)O[C@@H]1c1ccc(Cl)cc1Cl. The van der Waals surface area contributed by atoms with Gasteiger partial charge in [0, 0.05) is 57.8 Å². The molecular weight excluding hydrogens is 653 g/mol. The van der Waals surface area contributed by atoms with Crippen LogP contribution in [0.4, 0.5) is 5.69 Å². The van der Waals surface area contributed by atoms with Gasteiger partial charge in [0.2, 0.25) is 5.90 Å². The summed E-state index contributed by atoms with van der Waals surface area (Å²) in [5.74, 6) is 1.20. The van der Waals surface area contributed by atoms with Crippen LogP contribution in [0.25, 0.3) is 10.4 Å². The number of carbonyl (C=O) groups excluding carboxylic acids is 1. The molecule has 0 unspecified atom stereocenters. The zero-order valence-electron chi connectivity index (χ0n) is 26.3. The van der Waals surface area contributed by atoms with E-state index in [1.54, 1.807) is 60.7 Å². The lowest BCUT2D eigenvalue weighted by Gasteiger charge is -2.31. The van der Waals surface area contributed by atoms with Crippen molar-refractivity contribution in [1.82, 2.24) is 5.32 Å². The van der Waals surface area contributed by atoms with E-state index in [-0.39, 0.29) is 25.5 Å². The van der Waals surface area contributed by atoms with Crippen LogP contribution in [0.5, 0.6) is 11.5 Å². The molecule has 1 aliphatic rings. The minimum Gasteiger partial charge on any atom is -0.494 e. The molecule has 4 aromatic carbocycles. The minimum atomic E-state index is -1.58. The average Bonchev–Trinajstić information content (AvgIpc) is 3.47. The highest BCUT2D eigenvalue weighted by molar-refractivity contribution is 6.35. The molecule has 1 heterocycles. The molecule has 48 heavy (non-hydrogen) atoms. The molecule has 0 bridgehead atoms. The number of nitrogens with one attached hydrogen (secondary N) is 1. The molecule has 0 fully saturated rings. The number of aliphatic hydroxyl groups excluding tert-OH is 1. The number of hydrogen-bond acceptors (Lipinski definition) is 7. The smallest absolute Gasteiger partial charge is 0.252 e. The molecule has 248 valence electrons. The normalized spacial score (nSPS) is 16.8. The number of hydrogen-bond donors (Lipinski definition) is 2. The van der Waals surface area contributed by atoms with Gasteiger partial charge in [0.05, 0.1) is 13.2 Å². The van der Waals surface area contributed by atoms with E-state index < -0.39 is 17.6 Å². The number of carbonyl (C=O) groups is 1. The molecule has 0 saturated carbocycles. The van der Waals surface area contributed by atoms with Crippen molar-refractivity contribution in [2.75, 3.05) is 26.4 Å². The Bertz CT molecular complexity index is 1810. The van der Waals surface area contributed by atoms with E-state index in [1.165, 1.54) is 0 Å². The molecule has 2 N–H and O–H groups in total. The number of aliphatic imine (C=N–C) groups is 1. The lowest BCUT2D eigenvalue weighted by atomic mass is 9.81. The predicted molar refractivity (Wildman–Crippen MR) is 186 cm³/mol. The molecule has 4 aromatic rings. The summed E-state index contributed by atoms with van der Waals surface area (Å²) < 4.78 is 18.1. The Balaban J connectivity index is 1.57. The first-order chi connectivity index (χ1) is 23.4. The van der Waals surface area contributed by atoms with E-state index >= 15 is 0 Å². The second-order valence-corrected chi connectivity index (χ2v) is 11.8. The van der Waals surface area contributed by atoms with Gasteiger partial charge in [-0.25, -0.2) is 4.99 Å². The number of aliphatic hydroxyl groups is 1. The maximum atomic E-state index is 14.6. The number of azide groups is 1. The first-order valence-electron chi connectivity index (χ1n) is 15.6. The van der Waals surface area contributed by atoms with Gasteiger partial charge in [0.1, 0.15) is 11.5 Å². The van der Waals surface area contributed by atoms with Crippen LogP contribution in [-0.2, 0) is 22.4 Å². The Morgan fingerprint density at radius 2 is 1.79 bits per heavy atom. The van der Waals surface area contributed by atoms with Gasteiger partial charge >= 0.3 is 0 Å². The van der Waals surface area contributed by atoms with Crippen molar-refractivity contribution in [3.05, 3.63) is 134 Å². The molecule has 5 rings (SSSR count). The van der Waals surface area contributed by atoms with E-state index in [0.29, 0.717) is 64.2 Å². The maximum absolute atomic E-state index is 14.6. The Morgan fingerprint density at radius 3 is 2.52 bits per heavy atom. The molecule has 0 aromatic heterocycles. The number of para-hydroxylation sites is 1. The zero-order valence-corrected chi connectivity index (χ0v) is 27.8. The number of halogens is 2. The van der Waals surface area contributed by atoms with Gasteiger partial charge in [0.25, 0.3) is 5.91 Å². The summed E-state index contributed by atoms with van der Waals surface area (Å²) in [5, 5.41) is 16.8. The third kappa shape index (κ3) is 8.03. The fourth-order valence-corrected chi connectivity index (χ4v) is 6.05. The van der Waals surface area contributed by atoms with Crippen LogP contribution in [0.3, 0.4) is 0 Å². The number of amides is 1. The van der Waals surface area contributed by atoms with Gasteiger partial charge in [-0.15, -0.1) is 0 Å². The number of nitrogens with zero attached hydrogens (tertiary/aromatic N) is 4. The molecule has 1 amide bonds. The van der Waals surface area contributed by atoms with E-state index in [2.05, 4.69) is 15.3 Å². The second-order valence-electron chi connectivity index (χ2n) is 11.0. The second kappa shape index (κ2) is 16.4. The molecule has 12 heteroatoms. The van der Waals surface area contributed by atoms with Crippen LogP contribution < -0.4 is 14.8 Å². The Hall–Kier alpha value is -4.73. The molecule has 10 nitrogen and oxygen atoms in total. The van der Waals surface area contributed by atoms with Crippen molar-refractivity contribution < 1.29 is 24.1 Å². The highest BCUT2D eigenvalue weighted by Gasteiger charge is 2.54. The number of ether oxygens (including phenoxy) is 3. The van der Waals surface area contributed by atoms with E-state index in [9.17, 15) is 10.3 Å². The number of rotatable bonds is 15. The molecule has 0 radical (unpaired) electrons. The molecular formula is C36H35Cl2N5O5. The van der Waals surface area contributed by atoms with Crippen molar-refractivity contribution in [3.63, 3.8) is 0 Å². The summed E-state index contributed by atoms with van der Waals surface area (Å²) >= 11 is 13.0. The van der Waals surface area contributed by atoms with E-state index in [4.69, 9.17) is 47.5 Å². The average molecular weight is 689 g/mol. The third-order valence-electron chi connectivity index (χ3n) is 7.83. The van der Waals surface area contributed by atoms with Crippen molar-refractivity contribution >= 4 is 40.7 Å². The fourth-order valence-electron chi connectivity index (χ4n) is 5.54. The van der Waals surface area contributed by atoms with Gasteiger partial charge in [0.15, 0.2) is 11.6 Å². The van der Waals surface area contributed by atoms with Gasteiger partial charge in [-0.05, 0) is 72.5 Å². The van der Waals surface area contributed by atoms with Crippen molar-refractivity contribution in [3.8, 4) is 11.5 Å².